The first kappa shape index (κ1) is 13.7. The molecular weight excluding hydrogens is 292 g/mol. The molecule has 1 atom stereocenters. The number of ether oxygens (including phenoxy) is 1. The van der Waals surface area contributed by atoms with Crippen molar-refractivity contribution in [3.63, 3.8) is 0 Å². The van der Waals surface area contributed by atoms with Crippen LogP contribution in [0.3, 0.4) is 0 Å². The highest BCUT2D eigenvalue weighted by Crippen LogP contribution is 2.25. The third kappa shape index (κ3) is 2.60. The normalized spacial score (nSPS) is 18.0. The van der Waals surface area contributed by atoms with Crippen molar-refractivity contribution < 1.29 is 4.74 Å². The van der Waals surface area contributed by atoms with E-state index < -0.39 is 0 Å². The molecule has 0 saturated carbocycles. The largest absolute Gasteiger partial charge is 0.370 e. The fourth-order valence-electron chi connectivity index (χ4n) is 2.66. The lowest BCUT2D eigenvalue weighted by atomic mass is 10.1. The van der Waals surface area contributed by atoms with Gasteiger partial charge in [0.2, 0.25) is 0 Å². The van der Waals surface area contributed by atoms with Crippen molar-refractivity contribution in [2.45, 2.75) is 6.10 Å². The van der Waals surface area contributed by atoms with Gasteiger partial charge in [-0.2, -0.15) is 0 Å². The summed E-state index contributed by atoms with van der Waals surface area (Å²) in [5.74, 6) is 3.46. The van der Waals surface area contributed by atoms with Crippen LogP contribution < -0.4 is 4.90 Å². The van der Waals surface area contributed by atoms with Crippen molar-refractivity contribution in [1.82, 2.24) is 25.3 Å². The van der Waals surface area contributed by atoms with E-state index in [1.54, 1.807) is 0 Å². The third-order valence-corrected chi connectivity index (χ3v) is 3.90. The Morgan fingerprint density at radius 2 is 2.04 bits per heavy atom. The van der Waals surface area contributed by atoms with Crippen LogP contribution >= 0.6 is 0 Å². The number of anilines is 1. The van der Waals surface area contributed by atoms with Crippen LogP contribution in [0.15, 0.2) is 36.4 Å². The van der Waals surface area contributed by atoms with Crippen molar-refractivity contribution in [3.05, 3.63) is 47.5 Å². The van der Waals surface area contributed by atoms with Crippen molar-refractivity contribution in [1.29, 1.82) is 0 Å². The predicted molar refractivity (Wildman–Crippen MR) is 83.9 cm³/mol. The van der Waals surface area contributed by atoms with Gasteiger partial charge in [-0.25, -0.2) is 0 Å². The molecule has 23 heavy (non-hydrogen) atoms. The number of terminal acetylenes is 1. The third-order valence-electron chi connectivity index (χ3n) is 3.90. The number of morpholine rings is 1. The maximum absolute atomic E-state index is 5.89. The number of rotatable bonds is 2. The number of tetrazole rings is 1. The average Bonchev–Trinajstić information content (AvgIpc) is 3.09. The Hall–Kier alpha value is -2.98. The van der Waals surface area contributed by atoms with Crippen molar-refractivity contribution in [2.75, 3.05) is 24.6 Å². The zero-order valence-corrected chi connectivity index (χ0v) is 12.3. The SMILES string of the molecule is C#Cc1ccc(C2CN(c3ccc4nnnn4n3)CCO2)cc1. The van der Waals surface area contributed by atoms with Gasteiger partial charge in [0.15, 0.2) is 11.5 Å². The van der Waals surface area contributed by atoms with Gasteiger partial charge in [0.25, 0.3) is 0 Å². The Morgan fingerprint density at radius 1 is 1.17 bits per heavy atom. The molecule has 7 nitrogen and oxygen atoms in total. The highest BCUT2D eigenvalue weighted by Gasteiger charge is 2.23. The second-order valence-electron chi connectivity index (χ2n) is 5.29. The Kier molecular flexibility index (Phi) is 3.37. The minimum atomic E-state index is -0.0121. The lowest BCUT2D eigenvalue weighted by molar-refractivity contribution is 0.0394. The van der Waals surface area contributed by atoms with E-state index in [0.717, 1.165) is 30.0 Å². The zero-order chi connectivity index (χ0) is 15.6. The van der Waals surface area contributed by atoms with Crippen LogP contribution in [0.2, 0.25) is 0 Å². The summed E-state index contributed by atoms with van der Waals surface area (Å²) in [6.07, 6.45) is 5.38. The van der Waals surface area contributed by atoms with Crippen LogP contribution in [-0.2, 0) is 4.74 Å². The minimum Gasteiger partial charge on any atom is -0.370 e. The van der Waals surface area contributed by atoms with E-state index in [9.17, 15) is 0 Å². The molecule has 3 heterocycles. The highest BCUT2D eigenvalue weighted by molar-refractivity contribution is 5.45. The van der Waals surface area contributed by atoms with Gasteiger partial charge in [0, 0.05) is 18.7 Å². The van der Waals surface area contributed by atoms with Crippen LogP contribution in [0.5, 0.6) is 0 Å². The smallest absolute Gasteiger partial charge is 0.200 e. The summed E-state index contributed by atoms with van der Waals surface area (Å²) in [7, 11) is 0. The van der Waals surface area contributed by atoms with Crippen LogP contribution in [-0.4, -0.2) is 45.0 Å². The van der Waals surface area contributed by atoms with E-state index in [2.05, 4.69) is 31.4 Å². The molecule has 4 rings (SSSR count). The van der Waals surface area contributed by atoms with Gasteiger partial charge in [0.05, 0.1) is 6.61 Å². The number of benzene rings is 1. The van der Waals surface area contributed by atoms with E-state index in [4.69, 9.17) is 11.2 Å². The molecule has 114 valence electrons. The molecule has 0 radical (unpaired) electrons. The van der Waals surface area contributed by atoms with E-state index >= 15 is 0 Å². The van der Waals surface area contributed by atoms with Gasteiger partial charge in [0.1, 0.15) is 6.10 Å². The molecule has 0 bridgehead atoms. The lowest BCUT2D eigenvalue weighted by Gasteiger charge is -2.33. The first-order chi connectivity index (χ1) is 11.3. The van der Waals surface area contributed by atoms with Gasteiger partial charge in [-0.05, 0) is 40.3 Å². The topological polar surface area (TPSA) is 68.4 Å². The molecule has 1 aliphatic rings. The van der Waals surface area contributed by atoms with E-state index in [0.29, 0.717) is 12.3 Å². The molecule has 0 aliphatic carbocycles. The monoisotopic (exact) mass is 306 g/mol. The van der Waals surface area contributed by atoms with Crippen LogP contribution in [0.4, 0.5) is 5.82 Å². The number of hydrogen-bond acceptors (Lipinski definition) is 6. The second kappa shape index (κ2) is 5.66. The molecule has 1 aromatic carbocycles. The second-order valence-corrected chi connectivity index (χ2v) is 5.29. The van der Waals surface area contributed by atoms with Gasteiger partial charge < -0.3 is 9.64 Å². The van der Waals surface area contributed by atoms with E-state index in [1.165, 1.54) is 4.63 Å². The van der Waals surface area contributed by atoms with Gasteiger partial charge in [-0.1, -0.05) is 18.1 Å². The van der Waals surface area contributed by atoms with Crippen molar-refractivity contribution in [3.8, 4) is 12.3 Å². The summed E-state index contributed by atoms with van der Waals surface area (Å²) >= 11 is 0. The van der Waals surface area contributed by atoms with Crippen LogP contribution in [0.1, 0.15) is 17.2 Å². The summed E-state index contributed by atoms with van der Waals surface area (Å²) in [5, 5.41) is 15.7. The molecule has 1 fully saturated rings. The lowest BCUT2D eigenvalue weighted by Crippen LogP contribution is -2.39. The maximum Gasteiger partial charge on any atom is 0.200 e. The zero-order valence-electron chi connectivity index (χ0n) is 12.3. The summed E-state index contributed by atoms with van der Waals surface area (Å²) in [5.41, 5.74) is 2.60. The van der Waals surface area contributed by atoms with Gasteiger partial charge >= 0.3 is 0 Å². The summed E-state index contributed by atoms with van der Waals surface area (Å²) in [6.45, 7) is 2.13. The molecule has 7 heteroatoms. The van der Waals surface area contributed by atoms with Crippen LogP contribution in [0, 0.1) is 12.3 Å². The van der Waals surface area contributed by atoms with E-state index in [-0.39, 0.29) is 6.10 Å². The minimum absolute atomic E-state index is 0.0121. The number of nitrogens with zero attached hydrogens (tertiary/aromatic N) is 6. The summed E-state index contributed by atoms with van der Waals surface area (Å²) < 4.78 is 7.33. The Balaban J connectivity index is 1.57. The van der Waals surface area contributed by atoms with Gasteiger partial charge in [-0.3, -0.25) is 0 Å². The summed E-state index contributed by atoms with van der Waals surface area (Å²) in [6, 6.07) is 11.7. The van der Waals surface area contributed by atoms with Crippen LogP contribution in [0.25, 0.3) is 5.65 Å². The van der Waals surface area contributed by atoms with Gasteiger partial charge in [-0.15, -0.1) is 21.3 Å². The molecule has 0 spiro atoms. The Bertz CT molecular complexity index is 866. The van der Waals surface area contributed by atoms with Crippen molar-refractivity contribution in [2.24, 2.45) is 0 Å². The van der Waals surface area contributed by atoms with Crippen molar-refractivity contribution >= 4 is 11.5 Å². The fourth-order valence-corrected chi connectivity index (χ4v) is 2.66. The molecule has 1 aliphatic heterocycles. The quantitative estimate of drug-likeness (QED) is 0.660. The highest BCUT2D eigenvalue weighted by atomic mass is 16.5. The standard InChI is InChI=1S/C16H14N6O/c1-2-12-3-5-13(6-4-12)14-11-21(9-10-23-14)16-8-7-15-17-19-20-22(15)18-16/h1,3-8,14H,9-11H2. The fraction of sp³-hybridized carbons (Fsp3) is 0.250. The molecule has 3 aromatic rings. The summed E-state index contributed by atoms with van der Waals surface area (Å²) in [4.78, 5) is 2.17. The first-order valence-corrected chi connectivity index (χ1v) is 7.32. The number of aromatic nitrogens is 5. The molecule has 2 aromatic heterocycles. The average molecular weight is 306 g/mol. The molecule has 1 unspecified atom stereocenters. The molecular formula is C16H14N6O. The number of hydrogen-bond donors (Lipinski definition) is 0. The predicted octanol–water partition coefficient (Wildman–Crippen LogP) is 1.08. The molecule has 0 amide bonds. The molecule has 1 saturated heterocycles. The van der Waals surface area contributed by atoms with E-state index in [1.807, 2.05) is 36.4 Å². The number of fused-ring (bicyclic) bond motifs is 1. The molecule has 0 N–H and O–H groups in total. The maximum atomic E-state index is 5.89. The first-order valence-electron chi connectivity index (χ1n) is 7.32. The Labute approximate surface area is 132 Å². The Morgan fingerprint density at radius 3 is 2.87 bits per heavy atom.